The molecule has 198 valence electrons. The molecule has 2 aromatic rings. The van der Waals surface area contributed by atoms with Crippen LogP contribution >= 0.6 is 0 Å². The average molecular weight is 497 g/mol. The molecule has 0 heterocycles. The molecule has 0 aliphatic heterocycles. The Kier molecular flexibility index (Phi) is 12.3. The number of carbonyl (C=O) groups excluding carboxylic acids is 1. The summed E-state index contributed by atoms with van der Waals surface area (Å²) in [6.07, 6.45) is 16.4. The van der Waals surface area contributed by atoms with Crippen LogP contribution in [-0.2, 0) is 4.79 Å². The van der Waals surface area contributed by atoms with E-state index in [1.165, 1.54) is 57.4 Å². The Balaban J connectivity index is 1.43. The third-order valence-electron chi connectivity index (χ3n) is 7.49. The van der Waals surface area contributed by atoms with Gasteiger partial charge in [0, 0.05) is 0 Å². The van der Waals surface area contributed by atoms with Crippen molar-refractivity contribution in [1.29, 1.82) is 0 Å². The number of benzene rings is 2. The van der Waals surface area contributed by atoms with Crippen molar-refractivity contribution in [1.82, 2.24) is 0 Å². The zero-order valence-electron chi connectivity index (χ0n) is 22.4. The molecule has 0 unspecified atom stereocenters. The topological polar surface area (TPSA) is 35.5 Å². The van der Waals surface area contributed by atoms with E-state index in [1.807, 2.05) is 18.2 Å². The van der Waals surface area contributed by atoms with Crippen LogP contribution in [0.15, 0.2) is 42.5 Å². The number of ether oxygens (including phenoxy) is 2. The van der Waals surface area contributed by atoms with E-state index in [-0.39, 0.29) is 17.7 Å². The van der Waals surface area contributed by atoms with Gasteiger partial charge in [0.15, 0.2) is 11.6 Å². The summed E-state index contributed by atoms with van der Waals surface area (Å²) in [7, 11) is 0. The predicted molar refractivity (Wildman–Crippen MR) is 146 cm³/mol. The van der Waals surface area contributed by atoms with E-state index in [0.29, 0.717) is 18.1 Å². The average Bonchev–Trinajstić information content (AvgIpc) is 2.90. The van der Waals surface area contributed by atoms with Crippen molar-refractivity contribution in [2.75, 3.05) is 6.61 Å². The minimum Gasteiger partial charge on any atom is -0.491 e. The molecule has 0 aromatic heterocycles. The lowest BCUT2D eigenvalue weighted by atomic mass is 9.80. The summed E-state index contributed by atoms with van der Waals surface area (Å²) < 4.78 is 25.9. The van der Waals surface area contributed by atoms with Crippen molar-refractivity contribution < 1.29 is 18.7 Å². The Morgan fingerprint density at radius 3 is 2.14 bits per heavy atom. The first-order valence-corrected chi connectivity index (χ1v) is 14.3. The van der Waals surface area contributed by atoms with Gasteiger partial charge in [-0.05, 0) is 73.4 Å². The van der Waals surface area contributed by atoms with E-state index in [4.69, 9.17) is 9.47 Å². The lowest BCUT2D eigenvalue weighted by Gasteiger charge is -2.27. The third-order valence-corrected chi connectivity index (χ3v) is 7.49. The molecule has 3 nitrogen and oxygen atoms in total. The lowest BCUT2D eigenvalue weighted by Crippen LogP contribution is -2.25. The summed E-state index contributed by atoms with van der Waals surface area (Å²) in [6, 6.07) is 12.4. The van der Waals surface area contributed by atoms with Gasteiger partial charge in [0.05, 0.1) is 12.5 Å². The number of halogens is 1. The highest BCUT2D eigenvalue weighted by Crippen LogP contribution is 2.33. The quantitative estimate of drug-likeness (QED) is 0.140. The standard InChI is InChI=1S/C32H45FO3/c1-3-5-7-8-9-11-23-35-31-22-19-28(24-30(31)33)26-17-20-29(21-18-26)36-32(34)27-15-13-25(14-16-27)12-10-6-4-2/h17-22,24-25,27H,3-16,23H2,1-2H3. The van der Waals surface area contributed by atoms with Crippen LogP contribution in [0.5, 0.6) is 11.5 Å². The highest BCUT2D eigenvalue weighted by Gasteiger charge is 2.27. The highest BCUT2D eigenvalue weighted by atomic mass is 19.1. The Bertz CT molecular complexity index is 900. The predicted octanol–water partition coefficient (Wildman–Crippen LogP) is 9.52. The Hall–Kier alpha value is -2.36. The van der Waals surface area contributed by atoms with Crippen LogP contribution in [0.1, 0.15) is 104 Å². The molecule has 4 heteroatoms. The van der Waals surface area contributed by atoms with Crippen molar-refractivity contribution in [2.45, 2.75) is 104 Å². The number of carbonyl (C=O) groups is 1. The molecule has 0 bridgehead atoms. The van der Waals surface area contributed by atoms with Crippen LogP contribution in [0.4, 0.5) is 4.39 Å². The SMILES string of the molecule is CCCCCCCCOc1ccc(-c2ccc(OC(=O)C3CCC(CCCCC)CC3)cc2)cc1F. The fraction of sp³-hybridized carbons (Fsp3) is 0.594. The molecule has 1 saturated carbocycles. The molecule has 1 aliphatic rings. The third kappa shape index (κ3) is 9.26. The van der Waals surface area contributed by atoms with Crippen LogP contribution in [0.3, 0.4) is 0 Å². The minimum atomic E-state index is -0.348. The van der Waals surface area contributed by atoms with Gasteiger partial charge in [0.2, 0.25) is 0 Å². The largest absolute Gasteiger partial charge is 0.491 e. The van der Waals surface area contributed by atoms with Gasteiger partial charge in [0.25, 0.3) is 0 Å². The molecule has 0 atom stereocenters. The maximum absolute atomic E-state index is 14.6. The van der Waals surface area contributed by atoms with Gasteiger partial charge in [-0.1, -0.05) is 89.8 Å². The van der Waals surface area contributed by atoms with Crippen molar-refractivity contribution in [2.24, 2.45) is 11.8 Å². The zero-order valence-corrected chi connectivity index (χ0v) is 22.4. The molecule has 0 radical (unpaired) electrons. The number of esters is 1. The number of unbranched alkanes of at least 4 members (excludes halogenated alkanes) is 7. The van der Waals surface area contributed by atoms with Gasteiger partial charge in [-0.2, -0.15) is 0 Å². The van der Waals surface area contributed by atoms with E-state index in [9.17, 15) is 9.18 Å². The van der Waals surface area contributed by atoms with Crippen molar-refractivity contribution in [3.63, 3.8) is 0 Å². The van der Waals surface area contributed by atoms with Crippen LogP contribution in [-0.4, -0.2) is 12.6 Å². The molecule has 1 fully saturated rings. The maximum Gasteiger partial charge on any atom is 0.314 e. The molecule has 0 amide bonds. The normalized spacial score (nSPS) is 17.6. The monoisotopic (exact) mass is 496 g/mol. The summed E-state index contributed by atoms with van der Waals surface area (Å²) in [5, 5.41) is 0. The molecular formula is C32H45FO3. The van der Waals surface area contributed by atoms with E-state index < -0.39 is 0 Å². The summed E-state index contributed by atoms with van der Waals surface area (Å²) in [4.78, 5) is 12.7. The fourth-order valence-electron chi connectivity index (χ4n) is 5.15. The van der Waals surface area contributed by atoms with Crippen molar-refractivity contribution in [3.05, 3.63) is 48.3 Å². The van der Waals surface area contributed by atoms with Gasteiger partial charge in [0.1, 0.15) is 5.75 Å². The first kappa shape index (κ1) is 28.2. The van der Waals surface area contributed by atoms with Crippen molar-refractivity contribution in [3.8, 4) is 22.6 Å². The second-order valence-corrected chi connectivity index (χ2v) is 10.4. The number of hydrogen-bond donors (Lipinski definition) is 0. The van der Waals surface area contributed by atoms with Gasteiger partial charge in [-0.25, -0.2) is 4.39 Å². The Morgan fingerprint density at radius 2 is 1.44 bits per heavy atom. The lowest BCUT2D eigenvalue weighted by molar-refractivity contribution is -0.140. The Labute approximate surface area is 217 Å². The zero-order chi connectivity index (χ0) is 25.6. The summed E-state index contributed by atoms with van der Waals surface area (Å²) >= 11 is 0. The number of rotatable bonds is 15. The summed E-state index contributed by atoms with van der Waals surface area (Å²) in [5.74, 6) is 1.16. The minimum absolute atomic E-state index is 0.00471. The highest BCUT2D eigenvalue weighted by molar-refractivity contribution is 5.75. The van der Waals surface area contributed by atoms with Crippen LogP contribution in [0.25, 0.3) is 11.1 Å². The molecule has 36 heavy (non-hydrogen) atoms. The maximum atomic E-state index is 14.6. The smallest absolute Gasteiger partial charge is 0.314 e. The Morgan fingerprint density at radius 1 is 0.806 bits per heavy atom. The number of hydrogen-bond acceptors (Lipinski definition) is 3. The van der Waals surface area contributed by atoms with Gasteiger partial charge < -0.3 is 9.47 Å². The molecule has 0 saturated heterocycles. The van der Waals surface area contributed by atoms with Crippen LogP contribution < -0.4 is 9.47 Å². The summed E-state index contributed by atoms with van der Waals surface area (Å²) in [5.41, 5.74) is 1.66. The van der Waals surface area contributed by atoms with E-state index >= 15 is 0 Å². The van der Waals surface area contributed by atoms with E-state index in [0.717, 1.165) is 55.6 Å². The van der Waals surface area contributed by atoms with Crippen molar-refractivity contribution >= 4 is 5.97 Å². The van der Waals surface area contributed by atoms with E-state index in [1.54, 1.807) is 18.2 Å². The van der Waals surface area contributed by atoms with Gasteiger partial charge in [-0.3, -0.25) is 4.79 Å². The first-order valence-electron chi connectivity index (χ1n) is 14.3. The molecule has 2 aromatic carbocycles. The van der Waals surface area contributed by atoms with Crippen LogP contribution in [0.2, 0.25) is 0 Å². The van der Waals surface area contributed by atoms with Gasteiger partial charge >= 0.3 is 5.97 Å². The molecule has 0 N–H and O–H groups in total. The van der Waals surface area contributed by atoms with Gasteiger partial charge in [-0.15, -0.1) is 0 Å². The first-order chi connectivity index (χ1) is 17.6. The fourth-order valence-corrected chi connectivity index (χ4v) is 5.15. The van der Waals surface area contributed by atoms with Crippen LogP contribution in [0, 0.1) is 17.7 Å². The molecule has 1 aliphatic carbocycles. The second kappa shape index (κ2) is 15.7. The molecule has 3 rings (SSSR count). The molecular weight excluding hydrogens is 451 g/mol. The molecule has 0 spiro atoms. The second-order valence-electron chi connectivity index (χ2n) is 10.4. The summed E-state index contributed by atoms with van der Waals surface area (Å²) in [6.45, 7) is 4.99. The van der Waals surface area contributed by atoms with E-state index in [2.05, 4.69) is 13.8 Å².